The molecule has 0 atom stereocenters. The summed E-state index contributed by atoms with van der Waals surface area (Å²) >= 11 is 0. The highest BCUT2D eigenvalue weighted by Gasteiger charge is 2.11. The van der Waals surface area contributed by atoms with Gasteiger partial charge in [-0.3, -0.25) is 4.79 Å². The molecule has 0 saturated carbocycles. The van der Waals surface area contributed by atoms with Crippen LogP contribution in [0.3, 0.4) is 0 Å². The van der Waals surface area contributed by atoms with E-state index in [9.17, 15) is 4.79 Å². The number of unbranched alkanes of at least 4 members (excludes halogenated alkanes) is 2. The number of aromatic nitrogens is 2. The van der Waals surface area contributed by atoms with Gasteiger partial charge in [0.05, 0.1) is 38.3 Å². The number of carbonyl (C=O) groups is 1. The molecule has 0 unspecified atom stereocenters. The van der Waals surface area contributed by atoms with Crippen molar-refractivity contribution in [3.05, 3.63) is 96.3 Å². The number of nitrogens with one attached hydrogen (secondary N) is 1. The Hall–Kier alpha value is -4.26. The van der Waals surface area contributed by atoms with E-state index in [1.54, 1.807) is 14.2 Å². The number of para-hydroxylation sites is 2. The van der Waals surface area contributed by atoms with E-state index >= 15 is 0 Å². The zero-order valence-corrected chi connectivity index (χ0v) is 24.2. The molecule has 0 aliphatic rings. The van der Waals surface area contributed by atoms with Gasteiger partial charge in [-0.1, -0.05) is 42.8 Å². The Balaban J connectivity index is 1.22. The molecule has 7 heteroatoms. The fourth-order valence-electron chi connectivity index (χ4n) is 4.90. The minimum Gasteiger partial charge on any atom is -0.497 e. The number of carbonyl (C=O) groups excluding carboxylic acids is 1. The molecule has 3 aromatic carbocycles. The highest BCUT2D eigenvalue weighted by molar-refractivity contribution is 5.78. The number of amides is 1. The van der Waals surface area contributed by atoms with Crippen LogP contribution in [0.4, 0.5) is 0 Å². The van der Waals surface area contributed by atoms with Crippen LogP contribution in [0.2, 0.25) is 0 Å². The van der Waals surface area contributed by atoms with Gasteiger partial charge in [-0.25, -0.2) is 4.98 Å². The molecule has 0 radical (unpaired) electrons. The average Bonchev–Trinajstić information content (AvgIpc) is 3.35. The van der Waals surface area contributed by atoms with Crippen molar-refractivity contribution >= 4 is 16.9 Å². The second-order valence-electron chi connectivity index (χ2n) is 10.0. The maximum atomic E-state index is 12.3. The van der Waals surface area contributed by atoms with Gasteiger partial charge in [0.15, 0.2) is 11.5 Å². The van der Waals surface area contributed by atoms with Gasteiger partial charge in [0.1, 0.15) is 11.6 Å². The van der Waals surface area contributed by atoms with Crippen molar-refractivity contribution in [1.29, 1.82) is 0 Å². The van der Waals surface area contributed by atoms with Crippen LogP contribution >= 0.6 is 0 Å². The molecule has 0 saturated heterocycles. The quantitative estimate of drug-likeness (QED) is 0.122. The van der Waals surface area contributed by atoms with Gasteiger partial charge in [-0.05, 0) is 73.2 Å². The fraction of sp³-hybridized carbons (Fsp3) is 0.353. The molecule has 7 nitrogen and oxygen atoms in total. The first-order valence-corrected chi connectivity index (χ1v) is 14.4. The van der Waals surface area contributed by atoms with E-state index in [0.29, 0.717) is 19.6 Å². The van der Waals surface area contributed by atoms with Crippen LogP contribution in [0, 0.1) is 0 Å². The first kappa shape index (κ1) is 29.7. The predicted octanol–water partition coefficient (Wildman–Crippen LogP) is 6.32. The Labute approximate surface area is 243 Å². The Morgan fingerprint density at radius 3 is 2.51 bits per heavy atom. The molecular formula is C34H41N3O4. The molecule has 4 aromatic rings. The van der Waals surface area contributed by atoms with Crippen LogP contribution < -0.4 is 19.5 Å². The van der Waals surface area contributed by atoms with E-state index in [-0.39, 0.29) is 5.91 Å². The van der Waals surface area contributed by atoms with Gasteiger partial charge in [-0.15, -0.1) is 6.58 Å². The number of methoxy groups -OCH3 is 2. The number of benzene rings is 3. The lowest BCUT2D eigenvalue weighted by atomic mass is 10.1. The Morgan fingerprint density at radius 1 is 0.927 bits per heavy atom. The van der Waals surface area contributed by atoms with Crippen molar-refractivity contribution in [1.82, 2.24) is 14.9 Å². The molecule has 0 spiro atoms. The van der Waals surface area contributed by atoms with E-state index in [4.69, 9.17) is 19.2 Å². The standard InChI is InChI=1S/C34H41N3O4/c1-4-11-26-17-20-31(32(24-26)40-3)41-23-10-22-37-30-13-8-7-12-29(30)36-33(37)14-6-5-9-21-35-34(38)25-27-15-18-28(39-2)19-16-27/h4,7-8,12-13,15-20,24H,1,5-6,9-11,14,21-23,25H2,2-3H3,(H,35,38). The molecule has 1 heterocycles. The van der Waals surface area contributed by atoms with E-state index in [2.05, 4.69) is 34.7 Å². The lowest BCUT2D eigenvalue weighted by Gasteiger charge is -2.13. The second kappa shape index (κ2) is 15.5. The molecular weight excluding hydrogens is 514 g/mol. The van der Waals surface area contributed by atoms with Crippen LogP contribution in [-0.4, -0.2) is 42.8 Å². The number of rotatable bonds is 17. The van der Waals surface area contributed by atoms with Gasteiger partial charge in [-0.2, -0.15) is 0 Å². The number of hydrogen-bond donors (Lipinski definition) is 1. The van der Waals surface area contributed by atoms with Crippen molar-refractivity contribution in [2.75, 3.05) is 27.4 Å². The van der Waals surface area contributed by atoms with Crippen molar-refractivity contribution in [2.45, 2.75) is 51.5 Å². The average molecular weight is 556 g/mol. The molecule has 1 aromatic heterocycles. The van der Waals surface area contributed by atoms with Gasteiger partial charge < -0.3 is 24.1 Å². The number of fused-ring (bicyclic) bond motifs is 1. The molecule has 4 rings (SSSR count). The van der Waals surface area contributed by atoms with E-state index < -0.39 is 0 Å². The lowest BCUT2D eigenvalue weighted by Crippen LogP contribution is -2.26. The summed E-state index contributed by atoms with van der Waals surface area (Å²) < 4.78 is 19.1. The number of ether oxygens (including phenoxy) is 3. The fourth-order valence-corrected chi connectivity index (χ4v) is 4.90. The maximum absolute atomic E-state index is 12.3. The summed E-state index contributed by atoms with van der Waals surface area (Å²) in [6, 6.07) is 21.9. The normalized spacial score (nSPS) is 10.9. The van der Waals surface area contributed by atoms with Crippen LogP contribution in [0.5, 0.6) is 17.2 Å². The van der Waals surface area contributed by atoms with E-state index in [1.807, 2.05) is 54.6 Å². The molecule has 0 aliphatic heterocycles. The summed E-state index contributed by atoms with van der Waals surface area (Å²) in [5, 5.41) is 3.04. The Morgan fingerprint density at radius 2 is 1.73 bits per heavy atom. The van der Waals surface area contributed by atoms with Crippen LogP contribution in [-0.2, 0) is 30.6 Å². The van der Waals surface area contributed by atoms with Crippen LogP contribution in [0.1, 0.15) is 42.6 Å². The SMILES string of the molecule is C=CCc1ccc(OCCCn2c(CCCCCNC(=O)Cc3ccc(OC)cc3)nc3ccccc32)c(OC)c1. The molecule has 216 valence electrons. The molecule has 1 amide bonds. The topological polar surface area (TPSA) is 74.6 Å². The molecule has 0 aliphatic carbocycles. The number of imidazole rings is 1. The third kappa shape index (κ3) is 8.61. The molecule has 0 bridgehead atoms. The maximum Gasteiger partial charge on any atom is 0.224 e. The van der Waals surface area contributed by atoms with Crippen LogP contribution in [0.15, 0.2) is 79.4 Å². The summed E-state index contributed by atoms with van der Waals surface area (Å²) in [6.07, 6.45) is 7.79. The largest absolute Gasteiger partial charge is 0.497 e. The second-order valence-corrected chi connectivity index (χ2v) is 10.0. The summed E-state index contributed by atoms with van der Waals surface area (Å²) in [6.45, 7) is 5.90. The minimum absolute atomic E-state index is 0.0458. The zero-order chi connectivity index (χ0) is 28.9. The van der Waals surface area contributed by atoms with Gasteiger partial charge in [0.2, 0.25) is 5.91 Å². The van der Waals surface area contributed by atoms with Crippen molar-refractivity contribution < 1.29 is 19.0 Å². The van der Waals surface area contributed by atoms with Crippen molar-refractivity contribution in [2.24, 2.45) is 0 Å². The highest BCUT2D eigenvalue weighted by Crippen LogP contribution is 2.28. The Kier molecular flexibility index (Phi) is 11.2. The van der Waals surface area contributed by atoms with E-state index in [1.165, 1.54) is 0 Å². The number of aryl methyl sites for hydroxylation is 2. The lowest BCUT2D eigenvalue weighted by molar-refractivity contribution is -0.120. The third-order valence-electron chi connectivity index (χ3n) is 7.05. The first-order chi connectivity index (χ1) is 20.1. The van der Waals surface area contributed by atoms with Crippen molar-refractivity contribution in [3.63, 3.8) is 0 Å². The minimum atomic E-state index is 0.0458. The molecule has 41 heavy (non-hydrogen) atoms. The number of nitrogens with zero attached hydrogens (tertiary/aromatic N) is 2. The number of allylic oxidation sites excluding steroid dienone is 1. The van der Waals surface area contributed by atoms with Crippen molar-refractivity contribution in [3.8, 4) is 17.2 Å². The monoisotopic (exact) mass is 555 g/mol. The summed E-state index contributed by atoms with van der Waals surface area (Å²) in [4.78, 5) is 17.2. The smallest absolute Gasteiger partial charge is 0.224 e. The zero-order valence-electron chi connectivity index (χ0n) is 24.2. The number of hydrogen-bond acceptors (Lipinski definition) is 5. The Bertz CT molecular complexity index is 1410. The van der Waals surface area contributed by atoms with Gasteiger partial charge >= 0.3 is 0 Å². The van der Waals surface area contributed by atoms with E-state index in [0.717, 1.165) is 90.3 Å². The summed E-state index contributed by atoms with van der Waals surface area (Å²) in [5.74, 6) is 3.44. The summed E-state index contributed by atoms with van der Waals surface area (Å²) in [5.41, 5.74) is 4.30. The van der Waals surface area contributed by atoms with Gasteiger partial charge in [0.25, 0.3) is 0 Å². The van der Waals surface area contributed by atoms with Gasteiger partial charge in [0, 0.05) is 19.5 Å². The highest BCUT2D eigenvalue weighted by atomic mass is 16.5. The first-order valence-electron chi connectivity index (χ1n) is 14.4. The molecule has 1 N–H and O–H groups in total. The predicted molar refractivity (Wildman–Crippen MR) is 164 cm³/mol. The molecule has 0 fully saturated rings. The summed E-state index contributed by atoms with van der Waals surface area (Å²) in [7, 11) is 3.30. The van der Waals surface area contributed by atoms with Crippen LogP contribution in [0.25, 0.3) is 11.0 Å². The third-order valence-corrected chi connectivity index (χ3v) is 7.05.